The average Bonchev–Trinajstić information content (AvgIpc) is 2.81. The summed E-state index contributed by atoms with van der Waals surface area (Å²) in [7, 11) is 4.11. The molecule has 2 bridgehead atoms. The van der Waals surface area contributed by atoms with E-state index >= 15 is 0 Å². The predicted octanol–water partition coefficient (Wildman–Crippen LogP) is 3.75. The zero-order chi connectivity index (χ0) is 15.1. The number of hydrogen-bond donors (Lipinski definition) is 1. The van der Waals surface area contributed by atoms with E-state index in [1.54, 1.807) is 0 Å². The van der Waals surface area contributed by atoms with Crippen LogP contribution in [-0.2, 0) is 0 Å². The summed E-state index contributed by atoms with van der Waals surface area (Å²) in [6.45, 7) is 0.960. The average molecular weight is 295 g/mol. The summed E-state index contributed by atoms with van der Waals surface area (Å²) in [5, 5.41) is 9.60. The van der Waals surface area contributed by atoms with Crippen LogP contribution in [0.3, 0.4) is 0 Å². The lowest BCUT2D eigenvalue weighted by atomic mass is 9.69. The van der Waals surface area contributed by atoms with Gasteiger partial charge in [0.2, 0.25) is 0 Å². The third kappa shape index (κ3) is 2.78. The van der Waals surface area contributed by atoms with E-state index in [0.29, 0.717) is 17.8 Å². The van der Waals surface area contributed by atoms with Gasteiger partial charge in [0.15, 0.2) is 17.4 Å². The highest BCUT2D eigenvalue weighted by Gasteiger charge is 2.42. The molecule has 2 nitrogen and oxygen atoms in total. The first-order valence-electron chi connectivity index (χ1n) is 7.78. The largest absolute Gasteiger partial charge is 0.505 e. The molecule has 0 heterocycles. The van der Waals surface area contributed by atoms with E-state index in [0.717, 1.165) is 18.5 Å². The number of fused-ring (bicyclic) bond motifs is 2. The van der Waals surface area contributed by atoms with Gasteiger partial charge >= 0.3 is 0 Å². The lowest BCUT2D eigenvalue weighted by molar-refractivity contribution is 0.164. The maximum atomic E-state index is 13.6. The fraction of sp³-hybridized carbons (Fsp3) is 0.647. The zero-order valence-electron chi connectivity index (χ0n) is 12.6. The Labute approximate surface area is 124 Å². The Kier molecular flexibility index (Phi) is 3.91. The Balaban J connectivity index is 1.94. The monoisotopic (exact) mass is 295 g/mol. The molecule has 3 rings (SSSR count). The first-order valence-corrected chi connectivity index (χ1v) is 7.78. The molecule has 2 aliphatic rings. The predicted molar refractivity (Wildman–Crippen MR) is 78.3 cm³/mol. The second kappa shape index (κ2) is 5.56. The van der Waals surface area contributed by atoms with Crippen LogP contribution < -0.4 is 0 Å². The first kappa shape index (κ1) is 14.8. The second-order valence-electron chi connectivity index (χ2n) is 7.04. The Morgan fingerprint density at radius 3 is 2.62 bits per heavy atom. The first-order chi connectivity index (χ1) is 9.95. The van der Waals surface area contributed by atoms with Gasteiger partial charge in [-0.2, -0.15) is 4.39 Å². The molecule has 4 heteroatoms. The molecule has 0 radical (unpaired) electrons. The zero-order valence-corrected chi connectivity index (χ0v) is 12.6. The van der Waals surface area contributed by atoms with Gasteiger partial charge in [-0.15, -0.1) is 0 Å². The van der Waals surface area contributed by atoms with Gasteiger partial charge in [0.1, 0.15) is 0 Å². The summed E-state index contributed by atoms with van der Waals surface area (Å²) >= 11 is 0. The standard InChI is InChI=1S/C17H23F2NO/c1-20(2)9-14-11-4-3-10(5-11)6-13(14)12-7-15(18)17(19)16(21)8-12/h7-8,10-11,13-14,21H,3-6,9H2,1-2H3/t10-,11+,13?,14+/m1/s1. The van der Waals surface area contributed by atoms with Crippen molar-refractivity contribution in [3.63, 3.8) is 0 Å². The van der Waals surface area contributed by atoms with Gasteiger partial charge < -0.3 is 10.0 Å². The lowest BCUT2D eigenvalue weighted by Gasteiger charge is -2.38. The van der Waals surface area contributed by atoms with Crippen molar-refractivity contribution in [2.24, 2.45) is 17.8 Å². The van der Waals surface area contributed by atoms with Gasteiger partial charge in [-0.05, 0) is 74.7 Å². The van der Waals surface area contributed by atoms with E-state index in [1.165, 1.54) is 31.4 Å². The summed E-state index contributed by atoms with van der Waals surface area (Å²) in [6.07, 6.45) is 4.79. The van der Waals surface area contributed by atoms with E-state index < -0.39 is 17.4 Å². The van der Waals surface area contributed by atoms with Gasteiger partial charge in [-0.1, -0.05) is 6.42 Å². The van der Waals surface area contributed by atoms with Gasteiger partial charge in [-0.25, -0.2) is 4.39 Å². The van der Waals surface area contributed by atoms with E-state index in [9.17, 15) is 13.9 Å². The van der Waals surface area contributed by atoms with E-state index in [1.807, 2.05) is 0 Å². The van der Waals surface area contributed by atoms with Crippen LogP contribution >= 0.6 is 0 Å². The van der Waals surface area contributed by atoms with E-state index in [4.69, 9.17) is 0 Å². The lowest BCUT2D eigenvalue weighted by Crippen LogP contribution is -2.34. The second-order valence-corrected chi connectivity index (χ2v) is 7.04. The number of hydrogen-bond acceptors (Lipinski definition) is 2. The van der Waals surface area contributed by atoms with Crippen LogP contribution in [0.15, 0.2) is 12.1 Å². The van der Waals surface area contributed by atoms with Crippen LogP contribution in [0.4, 0.5) is 8.78 Å². The van der Waals surface area contributed by atoms with Crippen molar-refractivity contribution in [2.75, 3.05) is 20.6 Å². The van der Waals surface area contributed by atoms with Crippen LogP contribution in [-0.4, -0.2) is 30.6 Å². The Morgan fingerprint density at radius 1 is 1.19 bits per heavy atom. The highest BCUT2D eigenvalue weighted by atomic mass is 19.2. The van der Waals surface area contributed by atoms with E-state index in [2.05, 4.69) is 19.0 Å². The molecule has 0 amide bonds. The van der Waals surface area contributed by atoms with Crippen molar-refractivity contribution in [1.82, 2.24) is 4.90 Å². The molecule has 2 aliphatic carbocycles. The molecular formula is C17H23F2NO. The molecule has 2 fully saturated rings. The number of nitrogens with zero attached hydrogens (tertiary/aromatic N) is 1. The summed E-state index contributed by atoms with van der Waals surface area (Å²) in [4.78, 5) is 2.18. The Hall–Kier alpha value is -1.16. The summed E-state index contributed by atoms with van der Waals surface area (Å²) < 4.78 is 27.0. The van der Waals surface area contributed by atoms with Crippen LogP contribution in [0.5, 0.6) is 5.75 Å². The Bertz CT molecular complexity index is 509. The molecule has 116 valence electrons. The molecule has 1 aromatic carbocycles. The normalized spacial score (nSPS) is 31.9. The summed E-state index contributed by atoms with van der Waals surface area (Å²) in [6, 6.07) is 2.71. The topological polar surface area (TPSA) is 23.5 Å². The van der Waals surface area contributed by atoms with Crippen molar-refractivity contribution in [2.45, 2.75) is 31.6 Å². The molecule has 2 saturated carbocycles. The van der Waals surface area contributed by atoms with Crippen molar-refractivity contribution in [3.8, 4) is 5.75 Å². The highest BCUT2D eigenvalue weighted by Crippen LogP contribution is 2.52. The quantitative estimate of drug-likeness (QED) is 0.918. The summed E-state index contributed by atoms with van der Waals surface area (Å²) in [5.41, 5.74) is 0.759. The molecule has 1 unspecified atom stereocenters. The number of rotatable bonds is 3. The Morgan fingerprint density at radius 2 is 1.95 bits per heavy atom. The van der Waals surface area contributed by atoms with Crippen molar-refractivity contribution in [1.29, 1.82) is 0 Å². The third-order valence-electron chi connectivity index (χ3n) is 5.33. The smallest absolute Gasteiger partial charge is 0.200 e. The molecule has 0 aliphatic heterocycles. The van der Waals surface area contributed by atoms with E-state index in [-0.39, 0.29) is 5.92 Å². The maximum Gasteiger partial charge on any atom is 0.200 e. The number of phenols is 1. The van der Waals surface area contributed by atoms with Gasteiger partial charge in [-0.3, -0.25) is 0 Å². The van der Waals surface area contributed by atoms with Crippen molar-refractivity contribution < 1.29 is 13.9 Å². The molecule has 0 saturated heterocycles. The number of benzene rings is 1. The minimum atomic E-state index is -1.14. The van der Waals surface area contributed by atoms with Crippen molar-refractivity contribution >= 4 is 0 Å². The van der Waals surface area contributed by atoms with Crippen LogP contribution in [0.25, 0.3) is 0 Å². The molecular weight excluding hydrogens is 272 g/mol. The van der Waals surface area contributed by atoms with Crippen LogP contribution in [0, 0.1) is 29.4 Å². The fourth-order valence-electron chi connectivity index (χ4n) is 4.47. The molecule has 4 atom stereocenters. The fourth-order valence-corrected chi connectivity index (χ4v) is 4.47. The SMILES string of the molecule is CN(C)C[C@@H]1C(c2cc(O)c(F)c(F)c2)C[C@@H]2CC[C@H]1C2. The highest BCUT2D eigenvalue weighted by molar-refractivity contribution is 5.33. The molecule has 0 spiro atoms. The molecule has 21 heavy (non-hydrogen) atoms. The number of halogens is 2. The van der Waals surface area contributed by atoms with Crippen LogP contribution in [0.1, 0.15) is 37.2 Å². The maximum absolute atomic E-state index is 13.6. The molecule has 1 aromatic rings. The number of phenolic OH excluding ortho intramolecular Hbond substituents is 1. The van der Waals surface area contributed by atoms with Gasteiger partial charge in [0, 0.05) is 6.54 Å². The van der Waals surface area contributed by atoms with Crippen LogP contribution in [0.2, 0.25) is 0 Å². The molecule has 1 N–H and O–H groups in total. The van der Waals surface area contributed by atoms with Gasteiger partial charge in [0.25, 0.3) is 0 Å². The van der Waals surface area contributed by atoms with Crippen molar-refractivity contribution in [3.05, 3.63) is 29.3 Å². The molecule has 0 aromatic heterocycles. The minimum absolute atomic E-state index is 0.222. The van der Waals surface area contributed by atoms with Gasteiger partial charge in [0.05, 0.1) is 0 Å². The minimum Gasteiger partial charge on any atom is -0.505 e. The summed E-state index contributed by atoms with van der Waals surface area (Å²) in [5.74, 6) is -0.581. The number of aromatic hydroxyl groups is 1. The third-order valence-corrected chi connectivity index (χ3v) is 5.33.